The molecule has 0 spiro atoms. The molecule has 2 rings (SSSR count). The molecule has 1 heterocycles. The van der Waals surface area contributed by atoms with Crippen LogP contribution in [-0.4, -0.2) is 40.9 Å². The maximum absolute atomic E-state index is 11.9. The Morgan fingerprint density at radius 1 is 1.50 bits per heavy atom. The lowest BCUT2D eigenvalue weighted by molar-refractivity contribution is -0.132. The summed E-state index contributed by atoms with van der Waals surface area (Å²) in [5, 5.41) is 15.0. The molecule has 3 atom stereocenters. The van der Waals surface area contributed by atoms with Crippen LogP contribution < -0.4 is 10.6 Å². The van der Waals surface area contributed by atoms with E-state index in [1.165, 1.54) is 0 Å². The van der Waals surface area contributed by atoms with Gasteiger partial charge in [-0.05, 0) is 18.9 Å². The van der Waals surface area contributed by atoms with Crippen molar-refractivity contribution in [1.82, 2.24) is 10.6 Å². The Bertz CT molecular complexity index is 420. The highest BCUT2D eigenvalue weighted by atomic mass is 32.1. The molecule has 6 heteroatoms. The Balaban J connectivity index is 1.92. The van der Waals surface area contributed by atoms with Crippen LogP contribution in [0.1, 0.15) is 12.8 Å². The summed E-state index contributed by atoms with van der Waals surface area (Å²) in [6, 6.07) is -0.463. The maximum Gasteiger partial charge on any atom is 0.335 e. The van der Waals surface area contributed by atoms with Crippen molar-refractivity contribution in [3.05, 3.63) is 23.8 Å². The molecule has 18 heavy (non-hydrogen) atoms. The highest BCUT2D eigenvalue weighted by Crippen LogP contribution is 2.14. The lowest BCUT2D eigenvalue weighted by Crippen LogP contribution is -2.45. The van der Waals surface area contributed by atoms with Crippen LogP contribution in [-0.2, 0) is 9.59 Å². The van der Waals surface area contributed by atoms with Gasteiger partial charge in [-0.15, -0.1) is 0 Å². The standard InChI is InChI=1S/C12H16N2O3S/c15-11(10-5-9(18)6-13-10)14-8-3-1-2-7(4-8)12(16)17/h1-2,4,8-10,13,18H,3,5-6H2,(H,14,15)(H,16,17)/t8?,9-,10-/m0/s1. The van der Waals surface area contributed by atoms with Crippen LogP contribution in [0.3, 0.4) is 0 Å². The number of hydrogen-bond acceptors (Lipinski definition) is 4. The van der Waals surface area contributed by atoms with Gasteiger partial charge in [-0.25, -0.2) is 4.79 Å². The van der Waals surface area contributed by atoms with E-state index in [0.717, 1.165) is 6.54 Å². The second-order valence-electron chi connectivity index (χ2n) is 4.53. The first-order valence-electron chi connectivity index (χ1n) is 5.89. The van der Waals surface area contributed by atoms with Gasteiger partial charge in [0, 0.05) is 11.8 Å². The average Bonchev–Trinajstić information content (AvgIpc) is 2.76. The molecule has 98 valence electrons. The molecule has 3 N–H and O–H groups in total. The first-order valence-corrected chi connectivity index (χ1v) is 6.41. The van der Waals surface area contributed by atoms with Crippen molar-refractivity contribution < 1.29 is 14.7 Å². The van der Waals surface area contributed by atoms with Crippen LogP contribution in [0.25, 0.3) is 0 Å². The Morgan fingerprint density at radius 2 is 2.28 bits per heavy atom. The molecular weight excluding hydrogens is 252 g/mol. The number of thiol groups is 1. The number of amides is 1. The quantitative estimate of drug-likeness (QED) is 0.548. The van der Waals surface area contributed by atoms with E-state index in [-0.39, 0.29) is 28.8 Å². The Morgan fingerprint density at radius 3 is 2.89 bits per heavy atom. The number of aliphatic carboxylic acids is 1. The van der Waals surface area contributed by atoms with E-state index >= 15 is 0 Å². The van der Waals surface area contributed by atoms with Gasteiger partial charge in [-0.2, -0.15) is 12.6 Å². The molecule has 1 fully saturated rings. The van der Waals surface area contributed by atoms with Gasteiger partial charge in [0.1, 0.15) is 0 Å². The van der Waals surface area contributed by atoms with Crippen molar-refractivity contribution in [1.29, 1.82) is 0 Å². The Hall–Kier alpha value is -1.27. The van der Waals surface area contributed by atoms with Crippen molar-refractivity contribution in [2.24, 2.45) is 0 Å². The molecule has 1 saturated heterocycles. The fraction of sp³-hybridized carbons (Fsp3) is 0.500. The SMILES string of the molecule is O=C(O)C1=CC(NC(=O)[C@@H]2C[C@H](S)CN2)CC=C1. The Kier molecular flexibility index (Phi) is 4.08. The van der Waals surface area contributed by atoms with Crippen molar-refractivity contribution >= 4 is 24.5 Å². The summed E-state index contributed by atoms with van der Waals surface area (Å²) in [4.78, 5) is 22.8. The minimum Gasteiger partial charge on any atom is -0.478 e. The summed E-state index contributed by atoms with van der Waals surface area (Å²) in [6.07, 6.45) is 6.22. The summed E-state index contributed by atoms with van der Waals surface area (Å²) in [7, 11) is 0. The molecule has 0 aromatic carbocycles. The van der Waals surface area contributed by atoms with Gasteiger partial charge in [-0.3, -0.25) is 4.79 Å². The molecule has 1 amide bonds. The summed E-state index contributed by atoms with van der Waals surface area (Å²) < 4.78 is 0. The smallest absolute Gasteiger partial charge is 0.335 e. The van der Waals surface area contributed by atoms with Crippen LogP contribution in [0.15, 0.2) is 23.8 Å². The highest BCUT2D eigenvalue weighted by Gasteiger charge is 2.28. The molecule has 0 aromatic heterocycles. The van der Waals surface area contributed by atoms with Gasteiger partial charge in [0.2, 0.25) is 5.91 Å². The van der Waals surface area contributed by atoms with Gasteiger partial charge >= 0.3 is 5.97 Å². The maximum atomic E-state index is 11.9. The van der Waals surface area contributed by atoms with Gasteiger partial charge < -0.3 is 15.7 Å². The Labute approximate surface area is 111 Å². The predicted molar refractivity (Wildman–Crippen MR) is 70.6 cm³/mol. The van der Waals surface area contributed by atoms with Crippen LogP contribution in [0.5, 0.6) is 0 Å². The highest BCUT2D eigenvalue weighted by molar-refractivity contribution is 7.81. The average molecular weight is 268 g/mol. The predicted octanol–water partition coefficient (Wildman–Crippen LogP) is 0.102. The number of carbonyl (C=O) groups is 2. The van der Waals surface area contributed by atoms with Crippen LogP contribution in [0.2, 0.25) is 0 Å². The second kappa shape index (κ2) is 5.58. The van der Waals surface area contributed by atoms with E-state index in [4.69, 9.17) is 5.11 Å². The third-order valence-electron chi connectivity index (χ3n) is 3.07. The van der Waals surface area contributed by atoms with E-state index in [1.54, 1.807) is 18.2 Å². The van der Waals surface area contributed by atoms with Gasteiger partial charge in [0.15, 0.2) is 0 Å². The first kappa shape index (κ1) is 13.2. The van der Waals surface area contributed by atoms with Crippen molar-refractivity contribution in [2.75, 3.05) is 6.54 Å². The number of nitrogens with one attached hydrogen (secondary N) is 2. The minimum atomic E-state index is -0.973. The number of carboxylic acid groups (broad SMARTS) is 1. The van der Waals surface area contributed by atoms with Crippen LogP contribution in [0.4, 0.5) is 0 Å². The third-order valence-corrected chi connectivity index (χ3v) is 3.46. The molecule has 1 unspecified atom stereocenters. The number of carboxylic acids is 1. The zero-order valence-corrected chi connectivity index (χ0v) is 10.7. The zero-order valence-electron chi connectivity index (χ0n) is 9.80. The van der Waals surface area contributed by atoms with Crippen molar-refractivity contribution in [3.8, 4) is 0 Å². The first-order chi connectivity index (χ1) is 8.56. The largest absolute Gasteiger partial charge is 0.478 e. The lowest BCUT2D eigenvalue weighted by atomic mass is 10.0. The second-order valence-corrected chi connectivity index (χ2v) is 5.26. The molecule has 2 aliphatic rings. The molecule has 0 saturated carbocycles. The fourth-order valence-corrected chi connectivity index (χ4v) is 2.44. The minimum absolute atomic E-state index is 0.0900. The van der Waals surface area contributed by atoms with Crippen LogP contribution in [0, 0.1) is 0 Å². The molecular formula is C12H16N2O3S. The van der Waals surface area contributed by atoms with Gasteiger partial charge in [-0.1, -0.05) is 12.2 Å². The number of rotatable bonds is 3. The summed E-state index contributed by atoms with van der Waals surface area (Å²) in [5.74, 6) is -1.06. The van der Waals surface area contributed by atoms with Gasteiger partial charge in [0.25, 0.3) is 0 Å². The topological polar surface area (TPSA) is 78.4 Å². The molecule has 0 aromatic rings. The molecule has 1 aliphatic heterocycles. The van der Waals surface area contributed by atoms with E-state index in [0.29, 0.717) is 12.8 Å². The van der Waals surface area contributed by atoms with Crippen molar-refractivity contribution in [2.45, 2.75) is 30.2 Å². The van der Waals surface area contributed by atoms with E-state index < -0.39 is 5.97 Å². The monoisotopic (exact) mass is 268 g/mol. The number of carbonyl (C=O) groups excluding carboxylic acids is 1. The third kappa shape index (κ3) is 3.14. The summed E-state index contributed by atoms with van der Waals surface area (Å²) in [5.41, 5.74) is 0.220. The molecule has 0 radical (unpaired) electrons. The lowest BCUT2D eigenvalue weighted by Gasteiger charge is -2.19. The van der Waals surface area contributed by atoms with Crippen molar-refractivity contribution in [3.63, 3.8) is 0 Å². The van der Waals surface area contributed by atoms with Gasteiger partial charge in [0.05, 0.1) is 17.7 Å². The zero-order chi connectivity index (χ0) is 13.1. The molecule has 5 nitrogen and oxygen atoms in total. The molecule has 0 bridgehead atoms. The van der Waals surface area contributed by atoms with E-state index in [1.807, 2.05) is 0 Å². The molecule has 1 aliphatic carbocycles. The normalized spacial score (nSPS) is 30.9. The summed E-state index contributed by atoms with van der Waals surface area (Å²) >= 11 is 4.31. The van der Waals surface area contributed by atoms with E-state index in [2.05, 4.69) is 23.3 Å². The van der Waals surface area contributed by atoms with E-state index in [9.17, 15) is 9.59 Å². The summed E-state index contributed by atoms with van der Waals surface area (Å²) in [6.45, 7) is 0.724. The number of hydrogen-bond donors (Lipinski definition) is 4. The fourth-order valence-electron chi connectivity index (χ4n) is 2.13. The van der Waals surface area contributed by atoms with Crippen LogP contribution >= 0.6 is 12.6 Å².